The summed E-state index contributed by atoms with van der Waals surface area (Å²) < 4.78 is 7.09. The Kier molecular flexibility index (Phi) is 8.20. The topological polar surface area (TPSA) is 90.4 Å². The molecule has 0 aromatic heterocycles. The first-order chi connectivity index (χ1) is 21.2. The molecule has 3 amide bonds. The first-order valence-electron chi connectivity index (χ1n) is 15.6. The van der Waals surface area contributed by atoms with E-state index in [2.05, 4.69) is 0 Å². The Balaban J connectivity index is 1.53. The number of ether oxygens (including phenoxy) is 1. The lowest BCUT2D eigenvalue weighted by molar-refractivity contribution is -0.152. The highest BCUT2D eigenvalue weighted by Crippen LogP contribution is 2.59. The van der Waals surface area contributed by atoms with Gasteiger partial charge in [0.15, 0.2) is 0 Å². The molecule has 44 heavy (non-hydrogen) atoms. The van der Waals surface area contributed by atoms with Crippen molar-refractivity contribution in [2.45, 2.75) is 63.3 Å². The number of aryl methyl sites for hydroxylation is 1. The molecule has 0 aliphatic carbocycles. The number of rotatable bonds is 8. The van der Waals surface area contributed by atoms with Crippen LogP contribution < -0.4 is 4.90 Å². The number of fused-ring (bicyclic) bond motifs is 2. The molecule has 6 rings (SSSR count). The van der Waals surface area contributed by atoms with Crippen LogP contribution >= 0.6 is 11.6 Å². The van der Waals surface area contributed by atoms with E-state index < -0.39 is 35.1 Å². The van der Waals surface area contributed by atoms with Crippen LogP contribution in [0.1, 0.15) is 37.8 Å². The second-order valence-electron chi connectivity index (χ2n) is 12.3. The number of carbonyl (C=O) groups excluding carboxylic acids is 3. The summed E-state index contributed by atoms with van der Waals surface area (Å²) >= 11 is 6.69. The normalized spacial score (nSPS) is 30.2. The maximum absolute atomic E-state index is 15.0. The lowest BCUT2D eigenvalue weighted by Gasteiger charge is -2.41. The Bertz CT molecular complexity index is 1490. The second-order valence-corrected chi connectivity index (χ2v) is 12.7. The fraction of sp³-hybridized carbons (Fsp3) is 0.457. The smallest absolute Gasteiger partial charge is 0.253 e. The van der Waals surface area contributed by atoms with E-state index in [0.29, 0.717) is 36.6 Å². The quantitative estimate of drug-likeness (QED) is 0.446. The van der Waals surface area contributed by atoms with E-state index in [4.69, 9.17) is 16.3 Å². The summed E-state index contributed by atoms with van der Waals surface area (Å²) in [5, 5.41) is 11.2. The van der Waals surface area contributed by atoms with Gasteiger partial charge in [0.05, 0.1) is 40.8 Å². The third kappa shape index (κ3) is 4.61. The van der Waals surface area contributed by atoms with Crippen LogP contribution in [0.4, 0.5) is 5.69 Å². The average molecular weight is 618 g/mol. The maximum atomic E-state index is 15.0. The van der Waals surface area contributed by atoms with E-state index in [1.807, 2.05) is 87.5 Å². The largest absolute Gasteiger partial charge is 0.394 e. The number of para-hydroxylation sites is 1. The summed E-state index contributed by atoms with van der Waals surface area (Å²) in [4.78, 5) is 49.2. The number of anilines is 1. The first-order valence-corrected chi connectivity index (χ1v) is 16.0. The fourth-order valence-electron chi connectivity index (χ4n) is 7.92. The van der Waals surface area contributed by atoms with E-state index in [1.54, 1.807) is 15.9 Å². The summed E-state index contributed by atoms with van der Waals surface area (Å²) in [5.41, 5.74) is -0.159. The molecule has 4 aliphatic heterocycles. The molecule has 1 spiro atoms. The van der Waals surface area contributed by atoms with Crippen molar-refractivity contribution in [1.82, 2.24) is 9.80 Å². The minimum Gasteiger partial charge on any atom is -0.394 e. The highest BCUT2D eigenvalue weighted by atomic mass is 35.5. The zero-order valence-electron chi connectivity index (χ0n) is 25.5. The van der Waals surface area contributed by atoms with Crippen LogP contribution in [0, 0.1) is 18.8 Å². The molecule has 0 saturated carbocycles. The number of nitrogens with zero attached hydrogens (tertiary/aromatic N) is 3. The summed E-state index contributed by atoms with van der Waals surface area (Å²) in [7, 11) is 0. The van der Waals surface area contributed by atoms with E-state index in [1.165, 1.54) is 4.90 Å². The van der Waals surface area contributed by atoms with Crippen molar-refractivity contribution in [2.24, 2.45) is 11.8 Å². The van der Waals surface area contributed by atoms with Gasteiger partial charge in [-0.3, -0.25) is 14.4 Å². The van der Waals surface area contributed by atoms with Gasteiger partial charge in [-0.05, 0) is 43.4 Å². The minimum atomic E-state index is -1.42. The van der Waals surface area contributed by atoms with Crippen molar-refractivity contribution < 1.29 is 24.2 Å². The van der Waals surface area contributed by atoms with Crippen molar-refractivity contribution in [2.75, 3.05) is 31.1 Å². The molecule has 2 aromatic carbocycles. The second kappa shape index (κ2) is 11.8. The van der Waals surface area contributed by atoms with Gasteiger partial charge in [-0.15, -0.1) is 0 Å². The summed E-state index contributed by atoms with van der Waals surface area (Å²) in [6.07, 6.45) is 9.18. The number of halogens is 1. The first kappa shape index (κ1) is 30.6. The number of hydrogen-bond acceptors (Lipinski definition) is 5. The Morgan fingerprint density at radius 2 is 1.70 bits per heavy atom. The van der Waals surface area contributed by atoms with Gasteiger partial charge >= 0.3 is 0 Å². The molecule has 0 bridgehead atoms. The van der Waals surface area contributed by atoms with Gasteiger partial charge in [-0.1, -0.05) is 92.2 Å². The summed E-state index contributed by atoms with van der Waals surface area (Å²) in [5.74, 6) is -2.60. The minimum absolute atomic E-state index is 0.137. The molecule has 9 heteroatoms. The molecular formula is C35H40ClN3O5. The number of aliphatic hydroxyl groups excluding tert-OH is 1. The molecule has 232 valence electrons. The van der Waals surface area contributed by atoms with Gasteiger partial charge in [0, 0.05) is 19.6 Å². The molecule has 1 unspecified atom stereocenters. The lowest BCUT2D eigenvalue weighted by atomic mass is 9.73. The monoisotopic (exact) mass is 617 g/mol. The zero-order valence-corrected chi connectivity index (χ0v) is 26.2. The molecule has 8 nitrogen and oxygen atoms in total. The van der Waals surface area contributed by atoms with Crippen molar-refractivity contribution >= 4 is 35.0 Å². The van der Waals surface area contributed by atoms with E-state index in [0.717, 1.165) is 17.5 Å². The van der Waals surface area contributed by atoms with Gasteiger partial charge in [0.2, 0.25) is 11.8 Å². The fourth-order valence-corrected chi connectivity index (χ4v) is 8.24. The number of aliphatic hydroxyl groups is 1. The Morgan fingerprint density at radius 1 is 0.955 bits per heavy atom. The van der Waals surface area contributed by atoms with Crippen LogP contribution in [0.3, 0.4) is 0 Å². The molecule has 0 radical (unpaired) electrons. The Labute approximate surface area is 263 Å². The SMILES string of the molecule is CCCN1CC=C[C@@]2(CC)O[C@]34C=CCN(c5c(C)cccc5Cl)C(=O)C3N([C@@H](CO)Cc3ccccc3)C(=O)[C@@H]4[C@H]2C1=O. The molecule has 6 atom stereocenters. The zero-order chi connectivity index (χ0) is 31.2. The van der Waals surface area contributed by atoms with Crippen LogP contribution in [0.2, 0.25) is 5.02 Å². The number of hydrogen-bond donors (Lipinski definition) is 1. The molecule has 4 aliphatic rings. The van der Waals surface area contributed by atoms with Crippen molar-refractivity contribution in [3.63, 3.8) is 0 Å². The maximum Gasteiger partial charge on any atom is 0.253 e. The van der Waals surface area contributed by atoms with Gasteiger partial charge in [-0.25, -0.2) is 0 Å². The molecule has 1 N–H and O–H groups in total. The van der Waals surface area contributed by atoms with Crippen LogP contribution in [0.15, 0.2) is 72.8 Å². The Hall–Kier alpha value is -3.46. The van der Waals surface area contributed by atoms with Crippen LogP contribution in [-0.4, -0.2) is 82.2 Å². The molecule has 4 heterocycles. The highest BCUT2D eigenvalue weighted by molar-refractivity contribution is 6.34. The predicted molar refractivity (Wildman–Crippen MR) is 169 cm³/mol. The summed E-state index contributed by atoms with van der Waals surface area (Å²) in [6, 6.07) is 13.2. The van der Waals surface area contributed by atoms with E-state index >= 15 is 0 Å². The predicted octanol–water partition coefficient (Wildman–Crippen LogP) is 4.32. The number of likely N-dealkylation sites (tertiary alicyclic amines) is 1. The van der Waals surface area contributed by atoms with Crippen LogP contribution in [0.5, 0.6) is 0 Å². The van der Waals surface area contributed by atoms with E-state index in [-0.39, 0.29) is 30.9 Å². The molecule has 2 fully saturated rings. The van der Waals surface area contributed by atoms with Gasteiger partial charge in [0.25, 0.3) is 5.91 Å². The van der Waals surface area contributed by atoms with Crippen LogP contribution in [0.25, 0.3) is 0 Å². The van der Waals surface area contributed by atoms with Crippen LogP contribution in [-0.2, 0) is 25.5 Å². The third-order valence-electron chi connectivity index (χ3n) is 9.83. The average Bonchev–Trinajstić information content (AvgIpc) is 3.32. The van der Waals surface area contributed by atoms with Crippen molar-refractivity contribution in [3.8, 4) is 0 Å². The lowest BCUT2D eigenvalue weighted by Crippen LogP contribution is -2.59. The molecule has 2 aromatic rings. The van der Waals surface area contributed by atoms with Gasteiger partial charge in [-0.2, -0.15) is 0 Å². The van der Waals surface area contributed by atoms with Crippen molar-refractivity contribution in [3.05, 3.63) is 89.0 Å². The molecule has 2 saturated heterocycles. The Morgan fingerprint density at radius 3 is 2.39 bits per heavy atom. The molecular weight excluding hydrogens is 578 g/mol. The third-order valence-corrected chi connectivity index (χ3v) is 10.1. The number of carbonyl (C=O) groups is 3. The highest BCUT2D eigenvalue weighted by Gasteiger charge is 2.76. The number of amides is 3. The van der Waals surface area contributed by atoms with E-state index in [9.17, 15) is 19.5 Å². The van der Waals surface area contributed by atoms with Gasteiger partial charge < -0.3 is 24.5 Å². The number of benzene rings is 2. The standard InChI is InChI=1S/C35H40ClN3O5/c1-4-18-37-19-10-16-34(5-2)27(31(37)41)28-32(42)39(25(22-40)21-24-13-7-6-8-14-24)30-33(43)38(20-11-17-35(28,30)44-34)29-23(3)12-9-15-26(29)36/h6-17,25,27-28,30,40H,4-5,18-22H2,1-3H3/t25-,27+,28+,30?,34-,35+/m1/s1. The summed E-state index contributed by atoms with van der Waals surface area (Å²) in [6.45, 7) is 6.74. The van der Waals surface area contributed by atoms with Gasteiger partial charge in [0.1, 0.15) is 11.6 Å². The van der Waals surface area contributed by atoms with Crippen molar-refractivity contribution in [1.29, 1.82) is 0 Å².